The highest BCUT2D eigenvalue weighted by molar-refractivity contribution is 5.80. The quantitative estimate of drug-likeness (QED) is 0.672. The molecule has 0 fully saturated rings. The van der Waals surface area contributed by atoms with Crippen molar-refractivity contribution in [2.24, 2.45) is 11.7 Å². The molecule has 0 aromatic heterocycles. The number of hydrogen-bond donors (Lipinski definition) is 2. The molecule has 1 aromatic rings. The maximum atomic E-state index is 11.4. The van der Waals surface area contributed by atoms with Gasteiger partial charge in [-0.15, -0.1) is 0 Å². The molecule has 0 amide bonds. The SMILES string of the molecule is CC(C)COCCOCC(N)(C(=O)O)c1ccccc1. The van der Waals surface area contributed by atoms with E-state index in [9.17, 15) is 9.90 Å². The maximum Gasteiger partial charge on any atom is 0.330 e. The summed E-state index contributed by atoms with van der Waals surface area (Å²) in [5.41, 5.74) is 4.95. The first-order valence-corrected chi connectivity index (χ1v) is 6.70. The zero-order chi connectivity index (χ0) is 15.0. The molecule has 0 heterocycles. The average Bonchev–Trinajstić information content (AvgIpc) is 2.42. The van der Waals surface area contributed by atoms with Gasteiger partial charge in [0.05, 0.1) is 19.8 Å². The van der Waals surface area contributed by atoms with E-state index in [0.717, 1.165) is 0 Å². The second kappa shape index (κ2) is 7.99. The Hall–Kier alpha value is -1.43. The zero-order valence-electron chi connectivity index (χ0n) is 12.0. The van der Waals surface area contributed by atoms with Crippen molar-refractivity contribution in [3.8, 4) is 0 Å². The second-order valence-electron chi connectivity index (χ2n) is 5.16. The summed E-state index contributed by atoms with van der Waals surface area (Å²) in [6.45, 7) is 5.46. The molecule has 0 aliphatic rings. The molecular weight excluding hydrogens is 258 g/mol. The summed E-state index contributed by atoms with van der Waals surface area (Å²) in [5.74, 6) is -0.640. The molecule has 0 saturated carbocycles. The van der Waals surface area contributed by atoms with E-state index < -0.39 is 11.5 Å². The van der Waals surface area contributed by atoms with Crippen molar-refractivity contribution in [2.75, 3.05) is 26.4 Å². The molecule has 20 heavy (non-hydrogen) atoms. The number of ether oxygens (including phenoxy) is 2. The van der Waals surface area contributed by atoms with Gasteiger partial charge in [-0.25, -0.2) is 4.79 Å². The molecule has 0 saturated heterocycles. The average molecular weight is 281 g/mol. The van der Waals surface area contributed by atoms with Crippen molar-refractivity contribution in [1.29, 1.82) is 0 Å². The van der Waals surface area contributed by atoms with Crippen LogP contribution < -0.4 is 5.73 Å². The Balaban J connectivity index is 2.46. The predicted octanol–water partition coefficient (Wildman–Crippen LogP) is 1.61. The van der Waals surface area contributed by atoms with Gasteiger partial charge in [-0.2, -0.15) is 0 Å². The lowest BCUT2D eigenvalue weighted by Crippen LogP contribution is -2.49. The third kappa shape index (κ3) is 4.92. The summed E-state index contributed by atoms with van der Waals surface area (Å²) < 4.78 is 10.7. The van der Waals surface area contributed by atoms with E-state index in [1.54, 1.807) is 24.3 Å². The van der Waals surface area contributed by atoms with Crippen molar-refractivity contribution in [3.63, 3.8) is 0 Å². The highest BCUT2D eigenvalue weighted by atomic mass is 16.5. The van der Waals surface area contributed by atoms with Crippen molar-refractivity contribution < 1.29 is 19.4 Å². The Morgan fingerprint density at radius 3 is 2.40 bits per heavy atom. The van der Waals surface area contributed by atoms with Crippen LogP contribution in [-0.4, -0.2) is 37.5 Å². The summed E-state index contributed by atoms with van der Waals surface area (Å²) in [6.07, 6.45) is 0. The molecule has 5 nitrogen and oxygen atoms in total. The largest absolute Gasteiger partial charge is 0.480 e. The zero-order valence-corrected chi connectivity index (χ0v) is 12.0. The molecule has 3 N–H and O–H groups in total. The molecule has 0 aliphatic carbocycles. The molecule has 1 aromatic carbocycles. The van der Waals surface area contributed by atoms with Gasteiger partial charge in [0.15, 0.2) is 5.54 Å². The van der Waals surface area contributed by atoms with Crippen LogP contribution in [0.5, 0.6) is 0 Å². The molecule has 0 bridgehead atoms. The van der Waals surface area contributed by atoms with Crippen molar-refractivity contribution in [3.05, 3.63) is 35.9 Å². The predicted molar refractivity (Wildman–Crippen MR) is 76.4 cm³/mol. The fourth-order valence-electron chi connectivity index (χ4n) is 1.67. The summed E-state index contributed by atoms with van der Waals surface area (Å²) in [5, 5.41) is 9.33. The number of carboxylic acid groups (broad SMARTS) is 1. The normalized spacial score (nSPS) is 14.2. The van der Waals surface area contributed by atoms with Crippen molar-refractivity contribution >= 4 is 5.97 Å². The Kier molecular flexibility index (Phi) is 6.64. The Morgan fingerprint density at radius 2 is 1.85 bits per heavy atom. The van der Waals surface area contributed by atoms with Gasteiger partial charge in [0.1, 0.15) is 0 Å². The van der Waals surface area contributed by atoms with Crippen LogP contribution >= 0.6 is 0 Å². The lowest BCUT2D eigenvalue weighted by atomic mass is 9.92. The van der Waals surface area contributed by atoms with Crippen molar-refractivity contribution in [2.45, 2.75) is 19.4 Å². The molecule has 112 valence electrons. The summed E-state index contributed by atoms with van der Waals surface area (Å²) >= 11 is 0. The van der Waals surface area contributed by atoms with E-state index in [1.807, 2.05) is 6.07 Å². The number of benzene rings is 1. The van der Waals surface area contributed by atoms with Crippen LogP contribution in [0.2, 0.25) is 0 Å². The van der Waals surface area contributed by atoms with Gasteiger partial charge >= 0.3 is 5.97 Å². The van der Waals surface area contributed by atoms with Crippen LogP contribution in [-0.2, 0) is 19.8 Å². The van der Waals surface area contributed by atoms with Gasteiger partial charge in [-0.1, -0.05) is 44.2 Å². The third-order valence-corrected chi connectivity index (χ3v) is 2.82. The molecular formula is C15H23NO4. The highest BCUT2D eigenvalue weighted by Crippen LogP contribution is 2.18. The molecule has 0 radical (unpaired) electrons. The molecule has 0 aliphatic heterocycles. The van der Waals surface area contributed by atoms with E-state index in [0.29, 0.717) is 31.3 Å². The lowest BCUT2D eigenvalue weighted by Gasteiger charge is -2.25. The number of rotatable bonds is 9. The van der Waals surface area contributed by atoms with Gasteiger partial charge in [0, 0.05) is 6.61 Å². The van der Waals surface area contributed by atoms with Gasteiger partial charge in [0.2, 0.25) is 0 Å². The Morgan fingerprint density at radius 1 is 1.25 bits per heavy atom. The van der Waals surface area contributed by atoms with Crippen molar-refractivity contribution in [1.82, 2.24) is 0 Å². The highest BCUT2D eigenvalue weighted by Gasteiger charge is 2.36. The summed E-state index contributed by atoms with van der Waals surface area (Å²) in [6, 6.07) is 8.70. The van der Waals surface area contributed by atoms with E-state index in [2.05, 4.69) is 13.8 Å². The van der Waals surface area contributed by atoms with Crippen LogP contribution in [0.4, 0.5) is 0 Å². The van der Waals surface area contributed by atoms with E-state index in [1.165, 1.54) is 0 Å². The molecule has 0 spiro atoms. The van der Waals surface area contributed by atoms with Crippen LogP contribution in [0.1, 0.15) is 19.4 Å². The fourth-order valence-corrected chi connectivity index (χ4v) is 1.67. The number of nitrogens with two attached hydrogens (primary N) is 1. The van der Waals surface area contributed by atoms with Gasteiger partial charge < -0.3 is 20.3 Å². The fraction of sp³-hybridized carbons (Fsp3) is 0.533. The number of carboxylic acids is 1. The first-order chi connectivity index (χ1) is 9.47. The summed E-state index contributed by atoms with van der Waals surface area (Å²) in [4.78, 5) is 11.4. The molecule has 1 unspecified atom stereocenters. The lowest BCUT2D eigenvalue weighted by molar-refractivity contribution is -0.146. The maximum absolute atomic E-state index is 11.4. The smallest absolute Gasteiger partial charge is 0.330 e. The number of carbonyl (C=O) groups is 1. The van der Waals surface area contributed by atoms with Crippen LogP contribution in [0.3, 0.4) is 0 Å². The van der Waals surface area contributed by atoms with Crippen LogP contribution in [0.25, 0.3) is 0 Å². The van der Waals surface area contributed by atoms with E-state index in [-0.39, 0.29) is 6.61 Å². The van der Waals surface area contributed by atoms with Gasteiger partial charge in [0.25, 0.3) is 0 Å². The van der Waals surface area contributed by atoms with Gasteiger partial charge in [-0.3, -0.25) is 0 Å². The number of aliphatic carboxylic acids is 1. The van der Waals surface area contributed by atoms with E-state index >= 15 is 0 Å². The van der Waals surface area contributed by atoms with Crippen LogP contribution in [0, 0.1) is 5.92 Å². The summed E-state index contributed by atoms with van der Waals surface area (Å²) in [7, 11) is 0. The standard InChI is InChI=1S/C15H23NO4/c1-12(2)10-19-8-9-20-11-15(16,14(17)18)13-6-4-3-5-7-13/h3-7,12H,8-11,16H2,1-2H3,(H,17,18). The first-order valence-electron chi connectivity index (χ1n) is 6.70. The van der Waals surface area contributed by atoms with Gasteiger partial charge in [-0.05, 0) is 11.5 Å². The van der Waals surface area contributed by atoms with E-state index in [4.69, 9.17) is 15.2 Å². The minimum Gasteiger partial charge on any atom is -0.480 e. The molecule has 1 atom stereocenters. The second-order valence-corrected chi connectivity index (χ2v) is 5.16. The third-order valence-electron chi connectivity index (χ3n) is 2.82. The first kappa shape index (κ1) is 16.6. The van der Waals surface area contributed by atoms with Crippen LogP contribution in [0.15, 0.2) is 30.3 Å². The Bertz CT molecular complexity index is 408. The topological polar surface area (TPSA) is 81.8 Å². The minimum absolute atomic E-state index is 0.0859. The molecule has 1 rings (SSSR count). The Labute approximate surface area is 119 Å². The monoisotopic (exact) mass is 281 g/mol. The minimum atomic E-state index is -1.53. The molecule has 5 heteroatoms. The number of hydrogen-bond acceptors (Lipinski definition) is 4.